The number of methoxy groups -OCH3 is 1. The molecule has 1 aromatic rings. The predicted molar refractivity (Wildman–Crippen MR) is 88.9 cm³/mol. The van der Waals surface area contributed by atoms with Crippen LogP contribution in [0.1, 0.15) is 36.6 Å². The number of H-pyrrole nitrogens is 1. The number of carbonyl (C=O) groups excluding carboxylic acids is 1. The number of nitrogens with one attached hydrogen (secondary N) is 2. The fourth-order valence-corrected chi connectivity index (χ4v) is 3.68. The number of hydrogen-bond donors (Lipinski definition) is 3. The Morgan fingerprint density at radius 1 is 1.54 bits per heavy atom. The Kier molecular flexibility index (Phi) is 4.64. The molecule has 3 N–H and O–H groups in total. The Balaban J connectivity index is 1.68. The van der Waals surface area contributed by atoms with Gasteiger partial charge < -0.3 is 25.0 Å². The van der Waals surface area contributed by atoms with Crippen LogP contribution in [0.3, 0.4) is 0 Å². The molecule has 2 unspecified atom stereocenters. The molecule has 2 amide bonds. The molecule has 0 bridgehead atoms. The first-order chi connectivity index (χ1) is 11.5. The van der Waals surface area contributed by atoms with Crippen molar-refractivity contribution in [1.29, 1.82) is 0 Å². The second-order valence-electron chi connectivity index (χ2n) is 6.97. The number of ether oxygens (including phenoxy) is 1. The highest BCUT2D eigenvalue weighted by molar-refractivity contribution is 5.75. The standard InChI is InChI=1S/C17H25N3O4/c1-17(10-21)7-13(24-2)9-20(17)16(23)18-8-12-6-11-4-3-5-14(11)19-15(12)22/h6,13,21H,3-5,7-10H2,1-2H3,(H,18,23)(H,19,22). The van der Waals surface area contributed by atoms with E-state index >= 15 is 0 Å². The molecule has 1 aromatic heterocycles. The van der Waals surface area contributed by atoms with Crippen molar-refractivity contribution in [3.63, 3.8) is 0 Å². The van der Waals surface area contributed by atoms with E-state index in [1.165, 1.54) is 5.56 Å². The molecule has 132 valence electrons. The van der Waals surface area contributed by atoms with Gasteiger partial charge in [-0.1, -0.05) is 0 Å². The molecule has 0 aromatic carbocycles. The van der Waals surface area contributed by atoms with Gasteiger partial charge in [-0.05, 0) is 37.8 Å². The molecule has 1 aliphatic heterocycles. The van der Waals surface area contributed by atoms with Gasteiger partial charge in [-0.15, -0.1) is 0 Å². The van der Waals surface area contributed by atoms with Crippen LogP contribution >= 0.6 is 0 Å². The molecule has 2 atom stereocenters. The van der Waals surface area contributed by atoms with E-state index in [2.05, 4.69) is 10.3 Å². The molecule has 1 saturated heterocycles. The number of aliphatic hydroxyl groups excluding tert-OH is 1. The topological polar surface area (TPSA) is 94.7 Å². The number of aromatic amines is 1. The minimum absolute atomic E-state index is 0.0868. The van der Waals surface area contributed by atoms with Crippen LogP contribution in [0.25, 0.3) is 0 Å². The largest absolute Gasteiger partial charge is 0.394 e. The molecular weight excluding hydrogens is 310 g/mol. The first-order valence-electron chi connectivity index (χ1n) is 8.40. The van der Waals surface area contributed by atoms with Gasteiger partial charge in [-0.2, -0.15) is 0 Å². The van der Waals surface area contributed by atoms with Crippen molar-refractivity contribution in [3.8, 4) is 0 Å². The number of hydrogen-bond acceptors (Lipinski definition) is 4. The number of amides is 2. The number of nitrogens with zero attached hydrogens (tertiary/aromatic N) is 1. The molecule has 7 nitrogen and oxygen atoms in total. The average Bonchev–Trinajstić information content (AvgIpc) is 3.16. The lowest BCUT2D eigenvalue weighted by molar-refractivity contribution is 0.0948. The van der Waals surface area contributed by atoms with Crippen molar-refractivity contribution in [2.45, 2.75) is 50.8 Å². The summed E-state index contributed by atoms with van der Waals surface area (Å²) in [6, 6.07) is 1.61. The van der Waals surface area contributed by atoms with Crippen LogP contribution in [0.15, 0.2) is 10.9 Å². The van der Waals surface area contributed by atoms with Gasteiger partial charge in [0.1, 0.15) is 0 Å². The van der Waals surface area contributed by atoms with Crippen LogP contribution in [0.2, 0.25) is 0 Å². The first-order valence-corrected chi connectivity index (χ1v) is 8.40. The highest BCUT2D eigenvalue weighted by atomic mass is 16.5. The molecule has 3 rings (SSSR count). The monoisotopic (exact) mass is 335 g/mol. The van der Waals surface area contributed by atoms with Crippen molar-refractivity contribution in [3.05, 3.63) is 33.2 Å². The van der Waals surface area contributed by atoms with Gasteiger partial charge in [-0.25, -0.2) is 4.79 Å². The lowest BCUT2D eigenvalue weighted by atomic mass is 10.00. The third-order valence-corrected chi connectivity index (χ3v) is 5.22. The summed E-state index contributed by atoms with van der Waals surface area (Å²) in [6.07, 6.45) is 3.45. The smallest absolute Gasteiger partial charge is 0.318 e. The Hall–Kier alpha value is -1.86. The molecule has 0 spiro atoms. The third kappa shape index (κ3) is 3.06. The van der Waals surface area contributed by atoms with Gasteiger partial charge in [0.2, 0.25) is 0 Å². The maximum atomic E-state index is 12.5. The minimum Gasteiger partial charge on any atom is -0.394 e. The molecule has 0 radical (unpaired) electrons. The van der Waals surface area contributed by atoms with Crippen molar-refractivity contribution < 1.29 is 14.6 Å². The molecule has 2 heterocycles. The molecule has 24 heavy (non-hydrogen) atoms. The quantitative estimate of drug-likeness (QED) is 0.749. The zero-order valence-corrected chi connectivity index (χ0v) is 14.2. The third-order valence-electron chi connectivity index (χ3n) is 5.22. The molecule has 2 aliphatic rings. The number of pyridine rings is 1. The Morgan fingerprint density at radius 2 is 2.33 bits per heavy atom. The number of aryl methyl sites for hydroxylation is 2. The molecule has 7 heteroatoms. The second kappa shape index (κ2) is 6.57. The van der Waals surface area contributed by atoms with E-state index in [1.54, 1.807) is 12.0 Å². The van der Waals surface area contributed by atoms with E-state index in [-0.39, 0.29) is 30.8 Å². The molecule has 1 aliphatic carbocycles. The highest BCUT2D eigenvalue weighted by Gasteiger charge is 2.44. The van der Waals surface area contributed by atoms with E-state index in [0.717, 1.165) is 25.0 Å². The summed E-state index contributed by atoms with van der Waals surface area (Å²) in [5, 5.41) is 12.5. The summed E-state index contributed by atoms with van der Waals surface area (Å²) < 4.78 is 5.33. The van der Waals surface area contributed by atoms with E-state index < -0.39 is 5.54 Å². The Bertz CT molecular complexity index is 687. The zero-order chi connectivity index (χ0) is 17.3. The first kappa shape index (κ1) is 17.0. The average molecular weight is 335 g/mol. The molecule has 0 saturated carbocycles. The van der Waals surface area contributed by atoms with Gasteiger partial charge in [0, 0.05) is 37.9 Å². The van der Waals surface area contributed by atoms with Crippen LogP contribution < -0.4 is 10.9 Å². The van der Waals surface area contributed by atoms with Gasteiger partial charge in [-0.3, -0.25) is 4.79 Å². The number of rotatable bonds is 4. The fourth-order valence-electron chi connectivity index (χ4n) is 3.68. The summed E-state index contributed by atoms with van der Waals surface area (Å²) in [5.41, 5.74) is 1.97. The maximum Gasteiger partial charge on any atom is 0.318 e. The van der Waals surface area contributed by atoms with Crippen molar-refractivity contribution in [2.75, 3.05) is 20.3 Å². The summed E-state index contributed by atoms with van der Waals surface area (Å²) in [5.74, 6) is 0. The fraction of sp³-hybridized carbons (Fsp3) is 0.647. The zero-order valence-electron chi connectivity index (χ0n) is 14.2. The van der Waals surface area contributed by atoms with E-state index in [0.29, 0.717) is 18.5 Å². The predicted octanol–water partition coefficient (Wildman–Crippen LogP) is 0.545. The number of urea groups is 1. The number of likely N-dealkylation sites (tertiary alicyclic amines) is 1. The number of fused-ring (bicyclic) bond motifs is 1. The Morgan fingerprint density at radius 3 is 3.04 bits per heavy atom. The number of carbonyl (C=O) groups is 1. The van der Waals surface area contributed by atoms with E-state index in [1.807, 2.05) is 13.0 Å². The second-order valence-corrected chi connectivity index (χ2v) is 6.97. The lowest BCUT2D eigenvalue weighted by Gasteiger charge is -2.33. The lowest BCUT2D eigenvalue weighted by Crippen LogP contribution is -2.51. The van der Waals surface area contributed by atoms with Crippen molar-refractivity contribution in [2.24, 2.45) is 0 Å². The summed E-state index contributed by atoms with van der Waals surface area (Å²) >= 11 is 0. The summed E-state index contributed by atoms with van der Waals surface area (Å²) in [6.45, 7) is 2.32. The van der Waals surface area contributed by atoms with E-state index in [9.17, 15) is 14.7 Å². The van der Waals surface area contributed by atoms with Gasteiger partial charge in [0.15, 0.2) is 0 Å². The summed E-state index contributed by atoms with van der Waals surface area (Å²) in [4.78, 5) is 29.2. The van der Waals surface area contributed by atoms with Crippen LogP contribution in [0.4, 0.5) is 4.79 Å². The normalized spacial score (nSPS) is 25.8. The van der Waals surface area contributed by atoms with Crippen molar-refractivity contribution in [1.82, 2.24) is 15.2 Å². The van der Waals surface area contributed by atoms with Crippen LogP contribution in [-0.4, -0.2) is 52.9 Å². The SMILES string of the molecule is COC1CN(C(=O)NCc2cc3c([nH]c2=O)CCC3)C(C)(CO)C1. The minimum atomic E-state index is -0.644. The van der Waals surface area contributed by atoms with Gasteiger partial charge >= 0.3 is 6.03 Å². The van der Waals surface area contributed by atoms with Gasteiger partial charge in [0.05, 0.1) is 18.2 Å². The van der Waals surface area contributed by atoms with Crippen LogP contribution in [0, 0.1) is 0 Å². The molecular formula is C17H25N3O4. The number of aromatic nitrogens is 1. The van der Waals surface area contributed by atoms with Crippen LogP contribution in [0.5, 0.6) is 0 Å². The van der Waals surface area contributed by atoms with Crippen molar-refractivity contribution >= 4 is 6.03 Å². The molecule has 1 fully saturated rings. The highest BCUT2D eigenvalue weighted by Crippen LogP contribution is 2.30. The number of aliphatic hydroxyl groups is 1. The Labute approximate surface area is 141 Å². The van der Waals surface area contributed by atoms with Gasteiger partial charge in [0.25, 0.3) is 5.56 Å². The van der Waals surface area contributed by atoms with E-state index in [4.69, 9.17) is 4.74 Å². The maximum absolute atomic E-state index is 12.5. The van der Waals surface area contributed by atoms with Crippen LogP contribution in [-0.2, 0) is 24.1 Å². The summed E-state index contributed by atoms with van der Waals surface area (Å²) in [7, 11) is 1.61.